The van der Waals surface area contributed by atoms with Gasteiger partial charge >= 0.3 is 11.7 Å². The van der Waals surface area contributed by atoms with Crippen molar-refractivity contribution in [2.45, 2.75) is 19.1 Å². The number of ether oxygens (including phenoxy) is 1. The molecule has 19 heavy (non-hydrogen) atoms. The van der Waals surface area contributed by atoms with Crippen molar-refractivity contribution in [2.24, 2.45) is 0 Å². The van der Waals surface area contributed by atoms with Crippen LogP contribution in [0.4, 0.5) is 10.1 Å². The number of aliphatic hydroxyl groups is 2. The topological polar surface area (TPSA) is 110 Å². The average molecular weight is 273 g/mol. The molecule has 2 N–H and O–H groups in total. The van der Waals surface area contributed by atoms with Gasteiger partial charge < -0.3 is 14.9 Å². The summed E-state index contributed by atoms with van der Waals surface area (Å²) in [6, 6.07) is 1.63. The second-order valence-electron chi connectivity index (χ2n) is 3.83. The van der Waals surface area contributed by atoms with E-state index in [9.17, 15) is 29.5 Å². The molecule has 1 rings (SSSR count). The third-order valence-electron chi connectivity index (χ3n) is 2.59. The SMILES string of the molecule is COC(=O)C(O)C(O)c1cc(F)c([N+](=O)[O-])cc1C. The Morgan fingerprint density at radius 1 is 1.47 bits per heavy atom. The highest BCUT2D eigenvalue weighted by Gasteiger charge is 2.29. The van der Waals surface area contributed by atoms with Crippen LogP contribution in [-0.4, -0.2) is 34.3 Å². The lowest BCUT2D eigenvalue weighted by Gasteiger charge is -2.17. The molecule has 0 spiro atoms. The maximum Gasteiger partial charge on any atom is 0.337 e. The number of carbonyl (C=O) groups excluding carboxylic acids is 1. The van der Waals surface area contributed by atoms with Gasteiger partial charge in [0.25, 0.3) is 0 Å². The number of nitro benzene ring substituents is 1. The summed E-state index contributed by atoms with van der Waals surface area (Å²) in [5.74, 6) is -2.26. The van der Waals surface area contributed by atoms with Gasteiger partial charge in [-0.2, -0.15) is 4.39 Å². The summed E-state index contributed by atoms with van der Waals surface area (Å²) in [4.78, 5) is 20.7. The molecule has 0 aliphatic rings. The number of hydrogen-bond donors (Lipinski definition) is 2. The number of halogens is 1. The Morgan fingerprint density at radius 2 is 2.05 bits per heavy atom. The van der Waals surface area contributed by atoms with Crippen molar-refractivity contribution in [1.82, 2.24) is 0 Å². The first-order valence-electron chi connectivity index (χ1n) is 5.18. The predicted molar refractivity (Wildman–Crippen MR) is 60.8 cm³/mol. The van der Waals surface area contributed by atoms with Gasteiger partial charge in [-0.1, -0.05) is 0 Å². The van der Waals surface area contributed by atoms with Crippen molar-refractivity contribution in [1.29, 1.82) is 0 Å². The molecular formula is C11H12FNO6. The van der Waals surface area contributed by atoms with Crippen molar-refractivity contribution in [3.63, 3.8) is 0 Å². The molecule has 0 aromatic heterocycles. The van der Waals surface area contributed by atoms with Crippen molar-refractivity contribution in [3.05, 3.63) is 39.2 Å². The van der Waals surface area contributed by atoms with E-state index in [2.05, 4.69) is 4.74 Å². The molecule has 2 unspecified atom stereocenters. The number of benzene rings is 1. The van der Waals surface area contributed by atoms with E-state index in [1.807, 2.05) is 0 Å². The largest absolute Gasteiger partial charge is 0.467 e. The number of rotatable bonds is 4. The minimum Gasteiger partial charge on any atom is -0.467 e. The van der Waals surface area contributed by atoms with E-state index >= 15 is 0 Å². The Hall–Kier alpha value is -2.06. The lowest BCUT2D eigenvalue weighted by Crippen LogP contribution is -2.29. The lowest BCUT2D eigenvalue weighted by atomic mass is 9.98. The minimum absolute atomic E-state index is 0.124. The molecule has 0 saturated carbocycles. The van der Waals surface area contributed by atoms with Crippen LogP contribution in [0.1, 0.15) is 17.2 Å². The van der Waals surface area contributed by atoms with Crippen molar-refractivity contribution < 1.29 is 29.1 Å². The first-order chi connectivity index (χ1) is 8.79. The van der Waals surface area contributed by atoms with E-state index in [1.165, 1.54) is 6.92 Å². The Kier molecular flexibility index (Phi) is 4.52. The molecule has 0 amide bonds. The van der Waals surface area contributed by atoms with E-state index in [1.54, 1.807) is 0 Å². The zero-order valence-electron chi connectivity index (χ0n) is 10.2. The molecule has 1 aromatic rings. The van der Waals surface area contributed by atoms with Crippen LogP contribution in [-0.2, 0) is 9.53 Å². The number of carbonyl (C=O) groups is 1. The van der Waals surface area contributed by atoms with Crippen LogP contribution in [0.15, 0.2) is 12.1 Å². The van der Waals surface area contributed by atoms with Gasteiger partial charge in [-0.05, 0) is 24.1 Å². The van der Waals surface area contributed by atoms with Crippen LogP contribution in [0.25, 0.3) is 0 Å². The monoisotopic (exact) mass is 273 g/mol. The minimum atomic E-state index is -1.90. The van der Waals surface area contributed by atoms with E-state index in [0.717, 1.165) is 13.2 Å². The van der Waals surface area contributed by atoms with Crippen LogP contribution in [0, 0.1) is 22.9 Å². The summed E-state index contributed by atoms with van der Waals surface area (Å²) >= 11 is 0. The summed E-state index contributed by atoms with van der Waals surface area (Å²) in [6.07, 6.45) is -3.63. The molecule has 0 fully saturated rings. The normalized spacial score (nSPS) is 13.7. The molecule has 0 bridgehead atoms. The van der Waals surface area contributed by atoms with Gasteiger partial charge in [0, 0.05) is 6.07 Å². The van der Waals surface area contributed by atoms with Gasteiger partial charge in [0.05, 0.1) is 12.0 Å². The summed E-state index contributed by atoms with van der Waals surface area (Å²) in [6.45, 7) is 1.38. The van der Waals surface area contributed by atoms with Crippen molar-refractivity contribution in [3.8, 4) is 0 Å². The number of hydrogen-bond acceptors (Lipinski definition) is 6. The number of aliphatic hydroxyl groups excluding tert-OH is 2. The molecule has 1 aromatic carbocycles. The zero-order chi connectivity index (χ0) is 14.7. The maximum atomic E-state index is 13.4. The average Bonchev–Trinajstić information content (AvgIpc) is 2.37. The second kappa shape index (κ2) is 5.72. The Morgan fingerprint density at radius 3 is 2.53 bits per heavy atom. The number of nitro groups is 1. The van der Waals surface area contributed by atoms with Gasteiger partial charge in [0.1, 0.15) is 6.10 Å². The Bertz CT molecular complexity index is 518. The standard InChI is InChI=1S/C11H12FNO6/c1-5-3-8(13(17)18)7(12)4-6(5)9(14)10(15)11(16)19-2/h3-4,9-10,14-15H,1-2H3. The Labute approximate surface area is 107 Å². The molecule has 0 heterocycles. The van der Waals surface area contributed by atoms with Crippen molar-refractivity contribution in [2.75, 3.05) is 7.11 Å². The fourth-order valence-corrected chi connectivity index (χ4v) is 1.56. The quantitative estimate of drug-likeness (QED) is 0.472. The second-order valence-corrected chi connectivity index (χ2v) is 3.83. The van der Waals surface area contributed by atoms with Gasteiger partial charge in [0.2, 0.25) is 5.82 Å². The molecule has 0 aliphatic carbocycles. The zero-order valence-corrected chi connectivity index (χ0v) is 10.2. The van der Waals surface area contributed by atoms with Crippen LogP contribution in [0.2, 0.25) is 0 Å². The number of esters is 1. The third kappa shape index (κ3) is 3.04. The highest BCUT2D eigenvalue weighted by molar-refractivity contribution is 5.75. The van der Waals surface area contributed by atoms with Gasteiger partial charge in [0.15, 0.2) is 6.10 Å². The Balaban J connectivity index is 3.18. The fraction of sp³-hybridized carbons (Fsp3) is 0.364. The molecule has 0 saturated heterocycles. The van der Waals surface area contributed by atoms with Gasteiger partial charge in [-0.3, -0.25) is 10.1 Å². The number of nitrogens with zero attached hydrogens (tertiary/aromatic N) is 1. The molecule has 0 radical (unpaired) electrons. The summed E-state index contributed by atoms with van der Waals surface area (Å²) in [5.41, 5.74) is -0.703. The third-order valence-corrected chi connectivity index (χ3v) is 2.59. The van der Waals surface area contributed by atoms with E-state index in [4.69, 9.17) is 0 Å². The number of methoxy groups -OCH3 is 1. The van der Waals surface area contributed by atoms with E-state index < -0.39 is 34.6 Å². The molecule has 7 nitrogen and oxygen atoms in total. The van der Waals surface area contributed by atoms with E-state index in [0.29, 0.717) is 6.07 Å². The molecule has 2 atom stereocenters. The molecule has 0 aliphatic heterocycles. The van der Waals surface area contributed by atoms with Crippen LogP contribution in [0.5, 0.6) is 0 Å². The molecular weight excluding hydrogens is 261 g/mol. The first kappa shape index (κ1) is 15.0. The van der Waals surface area contributed by atoms with E-state index in [-0.39, 0.29) is 11.1 Å². The first-order valence-corrected chi connectivity index (χ1v) is 5.18. The maximum absolute atomic E-state index is 13.4. The highest BCUT2D eigenvalue weighted by atomic mass is 19.1. The van der Waals surface area contributed by atoms with Crippen molar-refractivity contribution >= 4 is 11.7 Å². The molecule has 104 valence electrons. The smallest absolute Gasteiger partial charge is 0.337 e. The van der Waals surface area contributed by atoms with Gasteiger partial charge in [-0.25, -0.2) is 4.79 Å². The van der Waals surface area contributed by atoms with Gasteiger partial charge in [-0.15, -0.1) is 0 Å². The molecule has 8 heteroatoms. The van der Waals surface area contributed by atoms with Crippen LogP contribution < -0.4 is 0 Å². The lowest BCUT2D eigenvalue weighted by molar-refractivity contribution is -0.387. The summed E-state index contributed by atoms with van der Waals surface area (Å²) in [5, 5.41) is 29.7. The summed E-state index contributed by atoms with van der Waals surface area (Å²) < 4.78 is 17.7. The fourth-order valence-electron chi connectivity index (χ4n) is 1.56. The predicted octanol–water partition coefficient (Wildman–Crippen LogP) is 0.610. The highest BCUT2D eigenvalue weighted by Crippen LogP contribution is 2.27. The summed E-state index contributed by atoms with van der Waals surface area (Å²) in [7, 11) is 1.02. The number of aryl methyl sites for hydroxylation is 1. The van der Waals surface area contributed by atoms with Crippen LogP contribution >= 0.6 is 0 Å². The van der Waals surface area contributed by atoms with Crippen LogP contribution in [0.3, 0.4) is 0 Å².